The second-order valence-electron chi connectivity index (χ2n) is 18.2. The number of fused-ring (bicyclic) bond motifs is 13. The van der Waals surface area contributed by atoms with Crippen LogP contribution in [-0.4, -0.2) is 18.3 Å². The Hall–Kier alpha value is -9.36. The van der Waals surface area contributed by atoms with E-state index in [1.807, 2.05) is 0 Å². The summed E-state index contributed by atoms with van der Waals surface area (Å²) < 4.78 is 9.22. The van der Waals surface area contributed by atoms with Crippen molar-refractivity contribution in [3.05, 3.63) is 222 Å². The third-order valence-electron chi connectivity index (χ3n) is 14.6. The van der Waals surface area contributed by atoms with Gasteiger partial charge in [0.2, 0.25) is 0 Å². The summed E-state index contributed by atoms with van der Waals surface area (Å²) in [6.07, 6.45) is 6.29. The van der Waals surface area contributed by atoms with E-state index in [0.29, 0.717) is 16.8 Å². The average Bonchev–Trinajstić information content (AvgIpc) is 4.13. The predicted molar refractivity (Wildman–Crippen MR) is 283 cm³/mol. The van der Waals surface area contributed by atoms with Gasteiger partial charge in [0.05, 0.1) is 55.7 Å². The molecule has 9 aromatic carbocycles. The van der Waals surface area contributed by atoms with Crippen molar-refractivity contribution >= 4 is 82.4 Å². The van der Waals surface area contributed by atoms with Gasteiger partial charge in [0, 0.05) is 54.6 Å². The number of aryl methyl sites for hydroxylation is 2. The minimum atomic E-state index is 0.407. The van der Waals surface area contributed by atoms with Crippen LogP contribution in [0.1, 0.15) is 34.4 Å². The van der Waals surface area contributed by atoms with Gasteiger partial charge in [0.15, 0.2) is 0 Å². The van der Waals surface area contributed by atoms with Crippen LogP contribution in [0.3, 0.4) is 0 Å². The Morgan fingerprint density at radius 2 is 0.913 bits per heavy atom. The molecular weight excluding hydrogens is 841 g/mol. The van der Waals surface area contributed by atoms with Crippen molar-refractivity contribution in [3.8, 4) is 46.0 Å². The van der Waals surface area contributed by atoms with E-state index in [4.69, 9.17) is 0 Å². The van der Waals surface area contributed by atoms with Gasteiger partial charge >= 0.3 is 0 Å². The van der Waals surface area contributed by atoms with Gasteiger partial charge in [0.1, 0.15) is 23.3 Å². The Kier molecular flexibility index (Phi) is 8.35. The molecule has 0 saturated carbocycles. The predicted octanol–water partition coefficient (Wildman–Crippen LogP) is 15.6. The summed E-state index contributed by atoms with van der Waals surface area (Å²) >= 11 is 0. The summed E-state index contributed by atoms with van der Waals surface area (Å²) in [5, 5.41) is 32.2. The molecule has 0 N–H and O–H groups in total. The van der Waals surface area contributed by atoms with Crippen LogP contribution in [0.2, 0.25) is 0 Å². The molecule has 0 atom stereocenters. The minimum Gasteiger partial charge on any atom is -0.309 e. The van der Waals surface area contributed by atoms with Crippen LogP contribution in [0.15, 0.2) is 194 Å². The highest BCUT2D eigenvalue weighted by Gasteiger charge is 2.34. The Balaban J connectivity index is 1.27. The first-order valence-electron chi connectivity index (χ1n) is 23.5. The second kappa shape index (κ2) is 14.8. The lowest BCUT2D eigenvalue weighted by molar-refractivity contribution is 0.963. The van der Waals surface area contributed by atoms with E-state index >= 15 is 0 Å². The molecule has 4 heterocycles. The molecule has 0 fully saturated rings. The smallest absolute Gasteiger partial charge is 0.104 e. The SMILES string of the molecule is Cc1ccc(-c2c(-n3c4c(c5ccccc53)CCC=C4)c(C#N)c(-n3c4ccccc4c4c3ccc3c5ccccc5n(-c5ccccc5)c34)c(C#N)c2-n2c3ccccc3c3ccccc32)cc1. The Bertz CT molecular complexity index is 4390. The molecule has 0 spiro atoms. The van der Waals surface area contributed by atoms with E-state index in [1.54, 1.807) is 0 Å². The van der Waals surface area contributed by atoms with E-state index in [9.17, 15) is 10.5 Å². The zero-order chi connectivity index (χ0) is 45.9. The molecule has 6 heteroatoms. The molecule has 13 aromatic rings. The number of para-hydroxylation sites is 6. The summed E-state index contributed by atoms with van der Waals surface area (Å²) in [4.78, 5) is 0. The molecule has 6 nitrogen and oxygen atoms in total. The van der Waals surface area contributed by atoms with Crippen LogP contribution in [0.4, 0.5) is 0 Å². The lowest BCUT2D eigenvalue weighted by atomic mass is 9.91. The largest absolute Gasteiger partial charge is 0.309 e. The second-order valence-corrected chi connectivity index (χ2v) is 18.2. The van der Waals surface area contributed by atoms with Gasteiger partial charge in [-0.3, -0.25) is 0 Å². The summed E-state index contributed by atoms with van der Waals surface area (Å²) in [5.41, 5.74) is 16.0. The van der Waals surface area contributed by atoms with Crippen molar-refractivity contribution in [3.63, 3.8) is 0 Å². The number of aromatic nitrogens is 4. The summed E-state index contributed by atoms with van der Waals surface area (Å²) in [6.45, 7) is 2.10. The number of nitriles is 2. The Morgan fingerprint density at radius 1 is 0.420 bits per heavy atom. The van der Waals surface area contributed by atoms with Crippen LogP contribution in [-0.2, 0) is 6.42 Å². The van der Waals surface area contributed by atoms with Gasteiger partial charge < -0.3 is 18.3 Å². The van der Waals surface area contributed by atoms with Gasteiger partial charge in [-0.05, 0) is 85.5 Å². The van der Waals surface area contributed by atoms with Gasteiger partial charge in [-0.1, -0.05) is 151 Å². The number of allylic oxidation sites excluding steroid dienone is 1. The Labute approximate surface area is 397 Å². The van der Waals surface area contributed by atoms with E-state index in [0.717, 1.165) is 129 Å². The van der Waals surface area contributed by atoms with Gasteiger partial charge in [-0.2, -0.15) is 10.5 Å². The van der Waals surface area contributed by atoms with Gasteiger partial charge in [-0.15, -0.1) is 0 Å². The normalized spacial score (nSPS) is 12.5. The highest BCUT2D eigenvalue weighted by atomic mass is 15.1. The molecule has 4 aromatic heterocycles. The van der Waals surface area contributed by atoms with Crippen molar-refractivity contribution in [1.29, 1.82) is 10.5 Å². The fourth-order valence-electron chi connectivity index (χ4n) is 11.8. The van der Waals surface area contributed by atoms with E-state index < -0.39 is 0 Å². The quantitative estimate of drug-likeness (QED) is 0.173. The molecule has 0 unspecified atom stereocenters. The lowest BCUT2D eigenvalue weighted by Crippen LogP contribution is -2.14. The highest BCUT2D eigenvalue weighted by Crippen LogP contribution is 2.50. The van der Waals surface area contributed by atoms with Crippen LogP contribution in [0.5, 0.6) is 0 Å². The molecule has 0 aliphatic heterocycles. The first kappa shape index (κ1) is 38.9. The minimum absolute atomic E-state index is 0.407. The maximum atomic E-state index is 12.3. The number of hydrogen-bond donors (Lipinski definition) is 0. The molecule has 322 valence electrons. The van der Waals surface area contributed by atoms with Crippen molar-refractivity contribution in [1.82, 2.24) is 18.3 Å². The van der Waals surface area contributed by atoms with Crippen LogP contribution < -0.4 is 0 Å². The van der Waals surface area contributed by atoms with Crippen molar-refractivity contribution in [2.24, 2.45) is 0 Å². The van der Waals surface area contributed by atoms with Crippen molar-refractivity contribution in [2.45, 2.75) is 19.8 Å². The molecule has 14 rings (SSSR count). The van der Waals surface area contributed by atoms with E-state index in [-0.39, 0.29) is 0 Å². The summed E-state index contributed by atoms with van der Waals surface area (Å²) in [7, 11) is 0. The van der Waals surface area contributed by atoms with Crippen molar-refractivity contribution < 1.29 is 0 Å². The molecule has 1 aliphatic rings. The molecule has 0 radical (unpaired) electrons. The molecule has 69 heavy (non-hydrogen) atoms. The monoisotopic (exact) mass is 880 g/mol. The molecule has 1 aliphatic carbocycles. The summed E-state index contributed by atoms with van der Waals surface area (Å²) in [5.74, 6) is 0. The van der Waals surface area contributed by atoms with E-state index in [2.05, 4.69) is 238 Å². The zero-order valence-electron chi connectivity index (χ0n) is 37.7. The third kappa shape index (κ3) is 5.34. The van der Waals surface area contributed by atoms with Crippen molar-refractivity contribution in [2.75, 3.05) is 0 Å². The molecule has 0 saturated heterocycles. The number of nitrogens with zero attached hydrogens (tertiary/aromatic N) is 6. The van der Waals surface area contributed by atoms with Crippen LogP contribution in [0, 0.1) is 29.6 Å². The molecular formula is C63H40N6. The van der Waals surface area contributed by atoms with Gasteiger partial charge in [-0.25, -0.2) is 0 Å². The molecule has 0 amide bonds. The lowest BCUT2D eigenvalue weighted by Gasteiger charge is -2.26. The maximum absolute atomic E-state index is 12.3. The molecule has 0 bridgehead atoms. The fourth-order valence-corrected chi connectivity index (χ4v) is 11.8. The average molecular weight is 881 g/mol. The third-order valence-corrected chi connectivity index (χ3v) is 14.6. The highest BCUT2D eigenvalue weighted by molar-refractivity contribution is 6.26. The zero-order valence-corrected chi connectivity index (χ0v) is 37.7. The fraction of sp³-hybridized carbons (Fsp3) is 0.0476. The van der Waals surface area contributed by atoms with Gasteiger partial charge in [0.25, 0.3) is 0 Å². The number of rotatable bonds is 5. The standard InChI is InChI=1S/C63H40N6/c1-39-31-33-40(34-32-39)58-62(67-52-26-12-5-19-42(52)43-20-6-13-27-53(43)67)49(37-64)60(50(38-65)63(58)68-54-28-14-7-21-44(54)45-22-8-15-29-55(45)68)69-56-30-16-10-24-48(56)59-57(69)36-35-47-46-23-9-11-25-51(46)66(61(47)59)41-17-3-2-4-18-41/h2-7,9-21,23-36H,8,22H2,1H3. The van der Waals surface area contributed by atoms with Crippen LogP contribution in [0.25, 0.3) is 116 Å². The topological polar surface area (TPSA) is 67.3 Å². The summed E-state index contributed by atoms with van der Waals surface area (Å²) in [6, 6.07) is 71.9. The first-order chi connectivity index (χ1) is 34.1. The van der Waals surface area contributed by atoms with E-state index in [1.165, 1.54) is 5.56 Å². The Morgan fingerprint density at radius 3 is 1.54 bits per heavy atom. The maximum Gasteiger partial charge on any atom is 0.104 e. The number of hydrogen-bond acceptors (Lipinski definition) is 2. The number of benzene rings is 9. The first-order valence-corrected chi connectivity index (χ1v) is 23.5. The van der Waals surface area contributed by atoms with Crippen LogP contribution >= 0.6 is 0 Å².